The molecule has 2 aromatic heterocycles. The highest BCUT2D eigenvalue weighted by atomic mass is 16.5. The van der Waals surface area contributed by atoms with E-state index >= 15 is 0 Å². The van der Waals surface area contributed by atoms with Gasteiger partial charge in [-0.25, -0.2) is 9.48 Å². The number of nitrogens with two attached hydrogens (primary N) is 1. The van der Waals surface area contributed by atoms with Gasteiger partial charge in [0, 0.05) is 11.3 Å². The van der Waals surface area contributed by atoms with Crippen LogP contribution >= 0.6 is 0 Å². The molecule has 1 aliphatic heterocycles. The van der Waals surface area contributed by atoms with E-state index < -0.39 is 11.5 Å². The van der Waals surface area contributed by atoms with Crippen molar-refractivity contribution in [3.05, 3.63) is 99.0 Å². The summed E-state index contributed by atoms with van der Waals surface area (Å²) in [6, 6.07) is 18.9. The van der Waals surface area contributed by atoms with Crippen LogP contribution in [0.15, 0.2) is 75.3 Å². The van der Waals surface area contributed by atoms with Crippen molar-refractivity contribution in [2.24, 2.45) is 5.73 Å². The summed E-state index contributed by atoms with van der Waals surface area (Å²) in [5.41, 5.74) is 9.51. The fourth-order valence-electron chi connectivity index (χ4n) is 4.25. The van der Waals surface area contributed by atoms with Crippen LogP contribution in [0.25, 0.3) is 16.7 Å². The molecule has 1 unspecified atom stereocenters. The van der Waals surface area contributed by atoms with Crippen molar-refractivity contribution < 1.29 is 9.15 Å². The third-order valence-electron chi connectivity index (χ3n) is 5.61. The van der Waals surface area contributed by atoms with Gasteiger partial charge in [-0.05, 0) is 38.1 Å². The Morgan fingerprint density at radius 3 is 2.52 bits per heavy atom. The Balaban J connectivity index is 1.83. The molecule has 0 radical (unpaired) electrons. The fraction of sp³-hybridized carbons (Fsp3) is 0.125. The Morgan fingerprint density at radius 2 is 1.77 bits per heavy atom. The number of rotatable bonds is 2. The van der Waals surface area contributed by atoms with Gasteiger partial charge in [0.15, 0.2) is 5.75 Å². The lowest BCUT2D eigenvalue weighted by molar-refractivity contribution is 0.388. The molecule has 2 aromatic carbocycles. The third-order valence-corrected chi connectivity index (χ3v) is 5.61. The van der Waals surface area contributed by atoms with E-state index in [0.717, 1.165) is 16.9 Å². The summed E-state index contributed by atoms with van der Waals surface area (Å²) in [6.07, 6.45) is 0. The van der Waals surface area contributed by atoms with Crippen molar-refractivity contribution in [2.45, 2.75) is 19.8 Å². The molecule has 0 spiro atoms. The smallest absolute Gasteiger partial charge is 0.344 e. The van der Waals surface area contributed by atoms with E-state index in [0.29, 0.717) is 22.4 Å². The molecule has 2 N–H and O–H groups in total. The summed E-state index contributed by atoms with van der Waals surface area (Å²) in [5.74, 6) is -0.450. The lowest BCUT2D eigenvalue weighted by Crippen LogP contribution is -2.27. The zero-order chi connectivity index (χ0) is 21.7. The van der Waals surface area contributed by atoms with Crippen molar-refractivity contribution in [3.8, 4) is 17.5 Å². The summed E-state index contributed by atoms with van der Waals surface area (Å²) in [5, 5.41) is 15.2. The molecule has 0 bridgehead atoms. The van der Waals surface area contributed by atoms with Crippen LogP contribution in [0, 0.1) is 25.2 Å². The first-order valence-electron chi connectivity index (χ1n) is 9.76. The maximum atomic E-state index is 13.1. The van der Waals surface area contributed by atoms with Crippen LogP contribution in [0.5, 0.6) is 5.75 Å². The molecule has 31 heavy (non-hydrogen) atoms. The van der Waals surface area contributed by atoms with Gasteiger partial charge in [0.05, 0.1) is 28.2 Å². The number of nitriles is 1. The van der Waals surface area contributed by atoms with Crippen molar-refractivity contribution in [1.29, 1.82) is 5.26 Å². The SMILES string of the molecule is Cc1nn(-c2ccccc2)c(C)c1C1C(C#N)=C(N)Oc2c1c(=O)oc1ccccc21. The average molecular weight is 410 g/mol. The van der Waals surface area contributed by atoms with E-state index in [-0.39, 0.29) is 17.0 Å². The maximum Gasteiger partial charge on any atom is 0.344 e. The highest BCUT2D eigenvalue weighted by Gasteiger charge is 2.38. The van der Waals surface area contributed by atoms with Gasteiger partial charge in [-0.1, -0.05) is 30.3 Å². The topological polar surface area (TPSA) is 107 Å². The molecular formula is C24H18N4O3. The second-order valence-electron chi connectivity index (χ2n) is 7.39. The van der Waals surface area contributed by atoms with Gasteiger partial charge >= 0.3 is 5.63 Å². The van der Waals surface area contributed by atoms with Gasteiger partial charge in [-0.3, -0.25) is 0 Å². The van der Waals surface area contributed by atoms with Crippen LogP contribution in [0.3, 0.4) is 0 Å². The summed E-state index contributed by atoms with van der Waals surface area (Å²) in [7, 11) is 0. The molecule has 0 amide bonds. The molecule has 0 saturated carbocycles. The molecule has 4 aromatic rings. The second kappa shape index (κ2) is 6.89. The van der Waals surface area contributed by atoms with Gasteiger partial charge in [0.2, 0.25) is 5.88 Å². The average Bonchev–Trinajstić information content (AvgIpc) is 3.07. The maximum absolute atomic E-state index is 13.1. The minimum atomic E-state index is -0.743. The van der Waals surface area contributed by atoms with Crippen LogP contribution in [-0.4, -0.2) is 9.78 Å². The number of aromatic nitrogens is 2. The standard InChI is InChI=1S/C24H18N4O3/c1-13-19(14(2)28(27-13)15-8-4-3-5-9-15)20-17(12-25)23(26)31-22-16-10-6-7-11-18(16)30-24(29)21(20)22/h3-11,20H,26H2,1-2H3. The number of para-hydroxylation sites is 2. The molecule has 1 atom stereocenters. The van der Waals surface area contributed by atoms with Gasteiger partial charge < -0.3 is 14.9 Å². The number of nitrogens with zero attached hydrogens (tertiary/aromatic N) is 3. The van der Waals surface area contributed by atoms with E-state index in [1.165, 1.54) is 0 Å². The normalized spacial score (nSPS) is 15.5. The number of ether oxygens (including phenoxy) is 1. The first-order valence-corrected chi connectivity index (χ1v) is 9.76. The summed E-state index contributed by atoms with van der Waals surface area (Å²) in [6.45, 7) is 3.76. The minimum Gasteiger partial charge on any atom is -0.439 e. The summed E-state index contributed by atoms with van der Waals surface area (Å²) < 4.78 is 13.2. The third kappa shape index (κ3) is 2.73. The Hall–Kier alpha value is -4.31. The Kier molecular flexibility index (Phi) is 4.15. The highest BCUT2D eigenvalue weighted by molar-refractivity contribution is 5.86. The summed E-state index contributed by atoms with van der Waals surface area (Å²) in [4.78, 5) is 13.1. The summed E-state index contributed by atoms with van der Waals surface area (Å²) >= 11 is 0. The molecule has 0 saturated heterocycles. The van der Waals surface area contributed by atoms with Crippen LogP contribution in [0.1, 0.15) is 28.4 Å². The van der Waals surface area contributed by atoms with Crippen LogP contribution in [0.2, 0.25) is 0 Å². The zero-order valence-corrected chi connectivity index (χ0v) is 16.9. The number of allylic oxidation sites excluding steroid dienone is 1. The quantitative estimate of drug-likeness (QED) is 0.504. The Bertz CT molecular complexity index is 1470. The van der Waals surface area contributed by atoms with Crippen LogP contribution < -0.4 is 16.1 Å². The van der Waals surface area contributed by atoms with E-state index in [2.05, 4.69) is 11.2 Å². The predicted molar refractivity (Wildman–Crippen MR) is 115 cm³/mol. The van der Waals surface area contributed by atoms with E-state index in [1.807, 2.05) is 50.2 Å². The van der Waals surface area contributed by atoms with E-state index in [4.69, 9.17) is 14.9 Å². The molecule has 0 aliphatic carbocycles. The second-order valence-corrected chi connectivity index (χ2v) is 7.39. The Morgan fingerprint density at radius 1 is 1.06 bits per heavy atom. The molecule has 7 nitrogen and oxygen atoms in total. The van der Waals surface area contributed by atoms with Crippen molar-refractivity contribution >= 4 is 11.0 Å². The molecule has 5 rings (SSSR count). The number of fused-ring (bicyclic) bond motifs is 3. The monoisotopic (exact) mass is 410 g/mol. The molecule has 7 heteroatoms. The van der Waals surface area contributed by atoms with Crippen molar-refractivity contribution in [1.82, 2.24) is 9.78 Å². The molecule has 0 fully saturated rings. The number of hydrogen-bond acceptors (Lipinski definition) is 6. The van der Waals surface area contributed by atoms with Gasteiger partial charge in [-0.2, -0.15) is 10.4 Å². The molecule has 152 valence electrons. The fourth-order valence-corrected chi connectivity index (χ4v) is 4.25. The number of aryl methyl sites for hydroxylation is 1. The van der Waals surface area contributed by atoms with Crippen LogP contribution in [-0.2, 0) is 0 Å². The first-order chi connectivity index (χ1) is 15.0. The number of benzene rings is 2. The van der Waals surface area contributed by atoms with Gasteiger partial charge in [0.25, 0.3) is 0 Å². The molecular weight excluding hydrogens is 392 g/mol. The van der Waals surface area contributed by atoms with E-state index in [9.17, 15) is 10.1 Å². The van der Waals surface area contributed by atoms with Gasteiger partial charge in [0.1, 0.15) is 17.2 Å². The van der Waals surface area contributed by atoms with E-state index in [1.54, 1.807) is 22.9 Å². The zero-order valence-electron chi connectivity index (χ0n) is 16.9. The lowest BCUT2D eigenvalue weighted by atomic mass is 9.82. The lowest BCUT2D eigenvalue weighted by Gasteiger charge is -2.26. The first kappa shape index (κ1) is 18.7. The molecule has 1 aliphatic rings. The molecule has 3 heterocycles. The largest absolute Gasteiger partial charge is 0.439 e. The van der Waals surface area contributed by atoms with Crippen molar-refractivity contribution in [3.63, 3.8) is 0 Å². The highest BCUT2D eigenvalue weighted by Crippen LogP contribution is 2.45. The van der Waals surface area contributed by atoms with Crippen molar-refractivity contribution in [2.75, 3.05) is 0 Å². The van der Waals surface area contributed by atoms with Crippen LogP contribution in [0.4, 0.5) is 0 Å². The minimum absolute atomic E-state index is 0.0259. The van der Waals surface area contributed by atoms with Gasteiger partial charge in [-0.15, -0.1) is 0 Å². The Labute approximate surface area is 177 Å². The predicted octanol–water partition coefficient (Wildman–Crippen LogP) is 3.81. The number of hydrogen-bond donors (Lipinski definition) is 1.